The maximum atomic E-state index is 13.6. The first kappa shape index (κ1) is 19.7. The van der Waals surface area contributed by atoms with E-state index in [1.165, 1.54) is 36.4 Å². The number of rotatable bonds is 5. The van der Waals surface area contributed by atoms with Gasteiger partial charge >= 0.3 is 6.03 Å². The number of nitrogens with one attached hydrogen (secondary N) is 2. The van der Waals surface area contributed by atoms with Crippen LogP contribution in [0.3, 0.4) is 0 Å². The highest BCUT2D eigenvalue weighted by molar-refractivity contribution is 6.15. The van der Waals surface area contributed by atoms with Crippen LogP contribution < -0.4 is 10.6 Å². The van der Waals surface area contributed by atoms with Gasteiger partial charge in [0.25, 0.3) is 11.6 Å². The molecule has 0 aliphatic carbocycles. The van der Waals surface area contributed by atoms with Gasteiger partial charge in [-0.25, -0.2) is 14.1 Å². The molecular weight excluding hydrogens is 383 g/mol. The number of benzene rings is 2. The Morgan fingerprint density at radius 1 is 1.28 bits per heavy atom. The van der Waals surface area contributed by atoms with E-state index in [4.69, 9.17) is 0 Å². The monoisotopic (exact) mass is 398 g/mol. The molecule has 0 atom stereocenters. The molecule has 2 aromatic carbocycles. The smallest absolute Gasteiger partial charge is 0.322 e. The van der Waals surface area contributed by atoms with Gasteiger partial charge in [0, 0.05) is 11.6 Å². The second-order valence-electron chi connectivity index (χ2n) is 6.21. The molecule has 0 saturated carbocycles. The molecule has 29 heavy (non-hydrogen) atoms. The number of nitro groups is 1. The molecule has 0 bridgehead atoms. The molecule has 0 spiro atoms. The van der Waals surface area contributed by atoms with Crippen LogP contribution in [0, 0.1) is 22.9 Å². The van der Waals surface area contributed by atoms with E-state index >= 15 is 0 Å². The zero-order valence-electron chi connectivity index (χ0n) is 15.1. The number of amides is 4. The first-order chi connectivity index (χ1) is 13.8. The third-order valence-corrected chi connectivity index (χ3v) is 4.15. The Hall–Kier alpha value is -4.08. The summed E-state index contributed by atoms with van der Waals surface area (Å²) in [6, 6.07) is 9.00. The highest BCUT2D eigenvalue weighted by atomic mass is 19.1. The largest absolute Gasteiger partial charge is 0.329 e. The number of aryl methyl sites for hydroxylation is 1. The zero-order chi connectivity index (χ0) is 21.1. The summed E-state index contributed by atoms with van der Waals surface area (Å²) in [5, 5.41) is 15.7. The molecular formula is C19H15FN4O5. The lowest BCUT2D eigenvalue weighted by Gasteiger charge is -2.12. The summed E-state index contributed by atoms with van der Waals surface area (Å²) >= 11 is 0. The standard InChI is InChI=1S/C19H15FN4O5/c1-11-6-7-12(9-16(11)24(28)29)8-15-18(26)23(19(27)22-15)10-17(25)21-14-5-3-2-4-13(14)20/h2-9H,10H2,1H3,(H,21,25)(H,22,27)/b15-8+. The Balaban J connectivity index is 1.75. The average molecular weight is 398 g/mol. The molecule has 1 heterocycles. The van der Waals surface area contributed by atoms with Crippen molar-refractivity contribution in [1.29, 1.82) is 0 Å². The fourth-order valence-corrected chi connectivity index (χ4v) is 2.69. The van der Waals surface area contributed by atoms with E-state index in [0.717, 1.165) is 6.07 Å². The van der Waals surface area contributed by atoms with Crippen molar-refractivity contribution in [3.8, 4) is 0 Å². The summed E-state index contributed by atoms with van der Waals surface area (Å²) in [5.74, 6) is -2.19. The second-order valence-corrected chi connectivity index (χ2v) is 6.21. The van der Waals surface area contributed by atoms with Crippen LogP contribution in [0.4, 0.5) is 20.6 Å². The quantitative estimate of drug-likeness (QED) is 0.347. The lowest BCUT2D eigenvalue weighted by Crippen LogP contribution is -2.38. The summed E-state index contributed by atoms with van der Waals surface area (Å²) < 4.78 is 13.6. The van der Waals surface area contributed by atoms with Crippen LogP contribution in [0.2, 0.25) is 0 Å². The van der Waals surface area contributed by atoms with Gasteiger partial charge < -0.3 is 10.6 Å². The third-order valence-electron chi connectivity index (χ3n) is 4.15. The van der Waals surface area contributed by atoms with Crippen LogP contribution in [0.25, 0.3) is 6.08 Å². The van der Waals surface area contributed by atoms with Crippen LogP contribution in [0.5, 0.6) is 0 Å². The maximum absolute atomic E-state index is 13.6. The molecule has 2 N–H and O–H groups in total. The van der Waals surface area contributed by atoms with Gasteiger partial charge in [0.05, 0.1) is 10.6 Å². The fraction of sp³-hybridized carbons (Fsp3) is 0.105. The Labute approximate surface area is 164 Å². The van der Waals surface area contributed by atoms with Gasteiger partial charge in [-0.15, -0.1) is 0 Å². The van der Waals surface area contributed by atoms with Crippen LogP contribution in [0.1, 0.15) is 11.1 Å². The van der Waals surface area contributed by atoms with Gasteiger partial charge in [-0.2, -0.15) is 0 Å². The predicted molar refractivity (Wildman–Crippen MR) is 101 cm³/mol. The Morgan fingerprint density at radius 3 is 2.69 bits per heavy atom. The number of imide groups is 1. The zero-order valence-corrected chi connectivity index (χ0v) is 15.1. The number of anilines is 1. The first-order valence-electron chi connectivity index (χ1n) is 8.40. The average Bonchev–Trinajstić information content (AvgIpc) is 2.92. The Morgan fingerprint density at radius 2 is 2.00 bits per heavy atom. The number of hydrogen-bond acceptors (Lipinski definition) is 5. The molecule has 9 nitrogen and oxygen atoms in total. The molecule has 1 aliphatic rings. The highest BCUT2D eigenvalue weighted by Gasteiger charge is 2.35. The van der Waals surface area contributed by atoms with E-state index in [-0.39, 0.29) is 17.1 Å². The van der Waals surface area contributed by atoms with Crippen molar-refractivity contribution in [3.05, 3.63) is 75.2 Å². The van der Waals surface area contributed by atoms with E-state index in [0.29, 0.717) is 16.0 Å². The van der Waals surface area contributed by atoms with E-state index in [2.05, 4.69) is 10.6 Å². The van der Waals surface area contributed by atoms with Crippen molar-refractivity contribution in [3.63, 3.8) is 0 Å². The summed E-state index contributed by atoms with van der Waals surface area (Å²) in [7, 11) is 0. The molecule has 4 amide bonds. The van der Waals surface area contributed by atoms with Crippen LogP contribution in [0.15, 0.2) is 48.2 Å². The van der Waals surface area contributed by atoms with Crippen molar-refractivity contribution in [2.45, 2.75) is 6.92 Å². The number of halogens is 1. The van der Waals surface area contributed by atoms with Gasteiger partial charge in [0.15, 0.2) is 0 Å². The molecule has 1 saturated heterocycles. The van der Waals surface area contributed by atoms with Gasteiger partial charge in [-0.05, 0) is 30.7 Å². The number of nitro benzene ring substituents is 1. The van der Waals surface area contributed by atoms with Crippen molar-refractivity contribution in [2.75, 3.05) is 11.9 Å². The van der Waals surface area contributed by atoms with Gasteiger partial charge in [-0.1, -0.05) is 24.3 Å². The van der Waals surface area contributed by atoms with E-state index in [1.54, 1.807) is 13.0 Å². The van der Waals surface area contributed by atoms with E-state index in [9.17, 15) is 28.9 Å². The molecule has 0 unspecified atom stereocenters. The molecule has 2 aromatic rings. The third kappa shape index (κ3) is 4.26. The molecule has 10 heteroatoms. The minimum Gasteiger partial charge on any atom is -0.322 e. The number of nitrogens with zero attached hydrogens (tertiary/aromatic N) is 2. The Bertz CT molecular complexity index is 1070. The summed E-state index contributed by atoms with van der Waals surface area (Å²) in [4.78, 5) is 47.7. The molecule has 3 rings (SSSR count). The molecule has 0 aromatic heterocycles. The molecule has 0 radical (unpaired) electrons. The second kappa shape index (κ2) is 7.89. The van der Waals surface area contributed by atoms with E-state index in [1.807, 2.05) is 0 Å². The van der Waals surface area contributed by atoms with Crippen molar-refractivity contribution < 1.29 is 23.7 Å². The Kier molecular flexibility index (Phi) is 5.35. The van der Waals surface area contributed by atoms with Gasteiger partial charge in [0.2, 0.25) is 5.91 Å². The number of carbonyl (C=O) groups is 3. The van der Waals surface area contributed by atoms with Gasteiger partial charge in [-0.3, -0.25) is 19.7 Å². The normalized spacial score (nSPS) is 14.8. The van der Waals surface area contributed by atoms with Crippen molar-refractivity contribution in [2.24, 2.45) is 0 Å². The number of carbonyl (C=O) groups excluding carboxylic acids is 3. The highest BCUT2D eigenvalue weighted by Crippen LogP contribution is 2.22. The predicted octanol–water partition coefficient (Wildman–Crippen LogP) is 2.57. The number of urea groups is 1. The SMILES string of the molecule is Cc1ccc(/C=C2/NC(=O)N(CC(=O)Nc3ccccc3F)C2=O)cc1[N+](=O)[O-]. The first-order valence-corrected chi connectivity index (χ1v) is 8.40. The van der Waals surface area contributed by atoms with E-state index < -0.39 is 35.1 Å². The summed E-state index contributed by atoms with van der Waals surface area (Å²) in [6.45, 7) is 0.956. The fourth-order valence-electron chi connectivity index (χ4n) is 2.69. The van der Waals surface area contributed by atoms with Gasteiger partial charge in [0.1, 0.15) is 18.1 Å². The molecule has 148 valence electrons. The van der Waals surface area contributed by atoms with Crippen LogP contribution in [-0.2, 0) is 9.59 Å². The maximum Gasteiger partial charge on any atom is 0.329 e. The van der Waals surface area contributed by atoms with Crippen LogP contribution >= 0.6 is 0 Å². The lowest BCUT2D eigenvalue weighted by atomic mass is 10.1. The topological polar surface area (TPSA) is 122 Å². The number of hydrogen-bond donors (Lipinski definition) is 2. The summed E-state index contributed by atoms with van der Waals surface area (Å²) in [5.41, 5.74) is 0.449. The lowest BCUT2D eigenvalue weighted by molar-refractivity contribution is -0.385. The van der Waals surface area contributed by atoms with Crippen molar-refractivity contribution in [1.82, 2.24) is 10.2 Å². The summed E-state index contributed by atoms with van der Waals surface area (Å²) in [6.07, 6.45) is 1.28. The van der Waals surface area contributed by atoms with Crippen molar-refractivity contribution >= 4 is 35.3 Å². The van der Waals surface area contributed by atoms with Crippen LogP contribution in [-0.4, -0.2) is 34.2 Å². The molecule has 1 aliphatic heterocycles. The molecule has 1 fully saturated rings. The minimum atomic E-state index is -0.827. The minimum absolute atomic E-state index is 0.0766. The number of para-hydroxylation sites is 1.